The molecule has 1 aliphatic heterocycles. The maximum Gasteiger partial charge on any atom is 0.170 e. The van der Waals surface area contributed by atoms with Crippen molar-refractivity contribution in [2.75, 3.05) is 55.7 Å². The fourth-order valence-corrected chi connectivity index (χ4v) is 6.14. The minimum Gasteiger partial charge on any atom is -0.369 e. The summed E-state index contributed by atoms with van der Waals surface area (Å²) in [6, 6.07) is 25.5. The molecule has 2 aromatic heterocycles. The summed E-state index contributed by atoms with van der Waals surface area (Å²) in [7, 11) is 0. The summed E-state index contributed by atoms with van der Waals surface area (Å²) in [5.74, 6) is 1.66. The van der Waals surface area contributed by atoms with Crippen molar-refractivity contribution in [2.45, 2.75) is 31.6 Å². The maximum atomic E-state index is 5.08. The van der Waals surface area contributed by atoms with E-state index in [1.807, 2.05) is 18.2 Å². The SMILES string of the molecule is CSc1ccc(-n2c(-c3ccccc3)nc3c(NCCCCN4CCN(c5cccc(C)c5C)CC4)ncnc32)cc1. The van der Waals surface area contributed by atoms with Crippen LogP contribution in [0, 0.1) is 13.8 Å². The second kappa shape index (κ2) is 13.0. The average Bonchev–Trinajstić information content (AvgIpc) is 3.43. The second-order valence-corrected chi connectivity index (χ2v) is 11.8. The molecular formula is C34H39N7S. The topological polar surface area (TPSA) is 62.1 Å². The van der Waals surface area contributed by atoms with Crippen molar-refractivity contribution in [3.8, 4) is 17.1 Å². The number of thioether (sulfide) groups is 1. The number of nitrogens with one attached hydrogen (secondary N) is 1. The van der Waals surface area contributed by atoms with Gasteiger partial charge >= 0.3 is 0 Å². The number of benzene rings is 3. The molecule has 0 atom stereocenters. The lowest BCUT2D eigenvalue weighted by Crippen LogP contribution is -2.46. The molecule has 42 heavy (non-hydrogen) atoms. The molecule has 0 radical (unpaired) electrons. The molecule has 5 aromatic rings. The molecule has 0 spiro atoms. The zero-order valence-electron chi connectivity index (χ0n) is 24.8. The summed E-state index contributed by atoms with van der Waals surface area (Å²) in [5, 5.41) is 3.57. The Morgan fingerprint density at radius 2 is 1.62 bits per heavy atom. The number of fused-ring (bicyclic) bond motifs is 1. The molecule has 0 aliphatic carbocycles. The van der Waals surface area contributed by atoms with Gasteiger partial charge in [0.15, 0.2) is 17.0 Å². The van der Waals surface area contributed by atoms with Crippen molar-refractivity contribution in [1.82, 2.24) is 24.4 Å². The van der Waals surface area contributed by atoms with Gasteiger partial charge in [-0.3, -0.25) is 9.47 Å². The van der Waals surface area contributed by atoms with Gasteiger partial charge in [-0.2, -0.15) is 0 Å². The van der Waals surface area contributed by atoms with Crippen molar-refractivity contribution in [2.24, 2.45) is 0 Å². The molecule has 3 heterocycles. The van der Waals surface area contributed by atoms with Gasteiger partial charge in [-0.25, -0.2) is 15.0 Å². The number of hydrogen-bond donors (Lipinski definition) is 1. The monoisotopic (exact) mass is 577 g/mol. The fourth-order valence-electron chi connectivity index (χ4n) is 5.74. The van der Waals surface area contributed by atoms with Crippen LogP contribution in [0.1, 0.15) is 24.0 Å². The highest BCUT2D eigenvalue weighted by Gasteiger charge is 2.20. The van der Waals surface area contributed by atoms with Crippen molar-refractivity contribution in [3.05, 3.63) is 90.3 Å². The quantitative estimate of drug-likeness (QED) is 0.144. The van der Waals surface area contributed by atoms with E-state index in [1.165, 1.54) is 21.7 Å². The largest absolute Gasteiger partial charge is 0.369 e. The van der Waals surface area contributed by atoms with Gasteiger partial charge in [0.05, 0.1) is 0 Å². The van der Waals surface area contributed by atoms with Crippen LogP contribution < -0.4 is 10.2 Å². The van der Waals surface area contributed by atoms with Crippen LogP contribution in [-0.2, 0) is 0 Å². The van der Waals surface area contributed by atoms with Crippen molar-refractivity contribution in [1.29, 1.82) is 0 Å². The molecule has 0 unspecified atom stereocenters. The van der Waals surface area contributed by atoms with Crippen LogP contribution in [-0.4, -0.2) is 69.9 Å². The van der Waals surface area contributed by atoms with Crippen molar-refractivity contribution >= 4 is 34.4 Å². The van der Waals surface area contributed by atoms with Gasteiger partial charge in [-0.15, -0.1) is 11.8 Å². The predicted octanol–water partition coefficient (Wildman–Crippen LogP) is 6.84. The third-order valence-corrected chi connectivity index (χ3v) is 9.03. The molecule has 0 saturated carbocycles. The van der Waals surface area contributed by atoms with E-state index >= 15 is 0 Å². The first kappa shape index (κ1) is 28.2. The number of hydrogen-bond acceptors (Lipinski definition) is 7. The summed E-state index contributed by atoms with van der Waals surface area (Å²) in [4.78, 5) is 20.7. The van der Waals surface area contributed by atoms with Gasteiger partial charge in [0.1, 0.15) is 12.2 Å². The molecule has 0 bridgehead atoms. The van der Waals surface area contributed by atoms with E-state index < -0.39 is 0 Å². The van der Waals surface area contributed by atoms with Gasteiger partial charge in [0, 0.05) is 54.6 Å². The highest BCUT2D eigenvalue weighted by atomic mass is 32.2. The van der Waals surface area contributed by atoms with Gasteiger partial charge in [0.2, 0.25) is 0 Å². The zero-order chi connectivity index (χ0) is 28.9. The number of rotatable bonds is 10. The molecule has 8 heteroatoms. The second-order valence-electron chi connectivity index (χ2n) is 10.9. The Labute approximate surface area is 253 Å². The number of nitrogens with zero attached hydrogens (tertiary/aromatic N) is 6. The fraction of sp³-hybridized carbons (Fsp3) is 0.324. The first-order chi connectivity index (χ1) is 20.6. The maximum absolute atomic E-state index is 5.08. The van der Waals surface area contributed by atoms with Crippen LogP contribution in [0.3, 0.4) is 0 Å². The normalized spacial score (nSPS) is 14.0. The van der Waals surface area contributed by atoms with Gasteiger partial charge in [0.25, 0.3) is 0 Å². The lowest BCUT2D eigenvalue weighted by molar-refractivity contribution is 0.253. The summed E-state index contributed by atoms with van der Waals surface area (Å²) in [5.41, 5.74) is 7.87. The molecule has 1 saturated heterocycles. The van der Waals surface area contributed by atoms with Crippen LogP contribution in [0.15, 0.2) is 84.0 Å². The molecule has 0 amide bonds. The molecule has 1 N–H and O–H groups in total. The van der Waals surface area contributed by atoms with Crippen LogP contribution in [0.2, 0.25) is 0 Å². The summed E-state index contributed by atoms with van der Waals surface area (Å²) in [6.45, 7) is 10.8. The van der Waals surface area contributed by atoms with Crippen molar-refractivity contribution < 1.29 is 0 Å². The Bertz CT molecular complexity index is 1620. The van der Waals surface area contributed by atoms with E-state index in [0.29, 0.717) is 0 Å². The Hall–Kier alpha value is -3.88. The zero-order valence-corrected chi connectivity index (χ0v) is 25.6. The van der Waals surface area contributed by atoms with Crippen LogP contribution >= 0.6 is 11.8 Å². The van der Waals surface area contributed by atoms with E-state index in [-0.39, 0.29) is 0 Å². The molecule has 216 valence electrons. The summed E-state index contributed by atoms with van der Waals surface area (Å²) in [6.07, 6.45) is 5.96. The number of piperazine rings is 1. The Morgan fingerprint density at radius 3 is 2.38 bits per heavy atom. The molecule has 3 aromatic carbocycles. The van der Waals surface area contributed by atoms with Crippen LogP contribution in [0.5, 0.6) is 0 Å². The third kappa shape index (κ3) is 6.01. The molecule has 1 aliphatic rings. The standard InChI is InChI=1S/C34H39N7S/c1-25-10-9-13-30(26(25)2)40-22-20-39(21-23-40)19-8-7-18-35-32-31-34(37-24-36-32)41(28-14-16-29(42-3)17-15-28)33(38-31)27-11-5-4-6-12-27/h4-6,9-17,24H,7-8,18-23H2,1-3H3,(H,35,36,37). The van der Waals surface area contributed by atoms with Gasteiger partial charge in [-0.05, 0) is 80.9 Å². The van der Waals surface area contributed by atoms with Crippen LogP contribution in [0.4, 0.5) is 11.5 Å². The predicted molar refractivity (Wildman–Crippen MR) is 176 cm³/mol. The van der Waals surface area contributed by atoms with E-state index in [2.05, 4.69) is 104 Å². The number of unbranched alkanes of at least 4 members (excludes halogenated alkanes) is 1. The third-order valence-electron chi connectivity index (χ3n) is 8.29. The average molecular weight is 578 g/mol. The molecule has 1 fully saturated rings. The minimum absolute atomic E-state index is 0.791. The first-order valence-electron chi connectivity index (χ1n) is 14.8. The molecule has 6 rings (SSSR count). The van der Waals surface area contributed by atoms with E-state index in [9.17, 15) is 0 Å². The summed E-state index contributed by atoms with van der Waals surface area (Å²) < 4.78 is 2.14. The smallest absolute Gasteiger partial charge is 0.170 e. The highest BCUT2D eigenvalue weighted by molar-refractivity contribution is 7.98. The van der Waals surface area contributed by atoms with E-state index in [4.69, 9.17) is 4.98 Å². The summed E-state index contributed by atoms with van der Waals surface area (Å²) >= 11 is 1.74. The number of aryl methyl sites for hydroxylation is 1. The van der Waals surface area contributed by atoms with Crippen LogP contribution in [0.25, 0.3) is 28.2 Å². The van der Waals surface area contributed by atoms with Gasteiger partial charge < -0.3 is 10.2 Å². The lowest BCUT2D eigenvalue weighted by Gasteiger charge is -2.37. The van der Waals surface area contributed by atoms with Crippen molar-refractivity contribution in [3.63, 3.8) is 0 Å². The number of anilines is 2. The first-order valence-corrected chi connectivity index (χ1v) is 16.1. The Balaban J connectivity index is 1.10. The van der Waals surface area contributed by atoms with Gasteiger partial charge in [-0.1, -0.05) is 42.5 Å². The Morgan fingerprint density at radius 1 is 0.833 bits per heavy atom. The Kier molecular flexibility index (Phi) is 8.72. The molecule has 7 nitrogen and oxygen atoms in total. The number of aromatic nitrogens is 4. The molecular weight excluding hydrogens is 538 g/mol. The number of imidazole rings is 1. The van der Waals surface area contributed by atoms with E-state index in [0.717, 1.165) is 86.2 Å². The highest BCUT2D eigenvalue weighted by Crippen LogP contribution is 2.31. The van der Waals surface area contributed by atoms with E-state index in [1.54, 1.807) is 18.1 Å². The minimum atomic E-state index is 0.791. The lowest BCUT2D eigenvalue weighted by atomic mass is 10.1.